The molecule has 3 aromatic carbocycles. The Hall–Kier alpha value is -3.97. The first-order chi connectivity index (χ1) is 16.6. The number of aliphatic hydroxyl groups is 1. The number of fused-ring (bicyclic) bond motifs is 1. The predicted molar refractivity (Wildman–Crippen MR) is 134 cm³/mol. The Balaban J connectivity index is 1.83. The molecule has 0 saturated heterocycles. The van der Waals surface area contributed by atoms with E-state index in [9.17, 15) is 14.7 Å². The highest BCUT2D eigenvalue weighted by Gasteiger charge is 2.25. The molecule has 0 aliphatic carbocycles. The van der Waals surface area contributed by atoms with E-state index >= 15 is 0 Å². The summed E-state index contributed by atoms with van der Waals surface area (Å²) in [5, 5.41) is 9.43. The molecule has 1 heterocycles. The quantitative estimate of drug-likeness (QED) is 0.381. The Morgan fingerprint density at radius 2 is 1.60 bits per heavy atom. The number of carbonyl (C=O) groups excluding carboxylic acids is 2. The molecule has 7 nitrogen and oxygen atoms in total. The highest BCUT2D eigenvalue weighted by atomic mass is 16.6. The molecule has 35 heavy (non-hydrogen) atoms. The first-order valence-electron chi connectivity index (χ1n) is 11.3. The topological polar surface area (TPSA) is 90.6 Å². The molecule has 4 rings (SSSR count). The molecule has 0 amide bonds. The van der Waals surface area contributed by atoms with Crippen molar-refractivity contribution in [2.45, 2.75) is 39.9 Å². The van der Waals surface area contributed by atoms with Crippen LogP contribution in [0.1, 0.15) is 42.5 Å². The first kappa shape index (κ1) is 24.2. The Kier molecular flexibility index (Phi) is 6.45. The molecule has 0 atom stereocenters. The zero-order chi connectivity index (χ0) is 25.3. The van der Waals surface area contributed by atoms with Gasteiger partial charge in [0.1, 0.15) is 16.9 Å². The lowest BCUT2D eigenvalue weighted by atomic mass is 9.97. The lowest BCUT2D eigenvalue weighted by Crippen LogP contribution is -2.27. The SMILES string of the molecule is COC(=O)c1cc(-c2ccc(-c3cccc(CO)c3)cc2)cc2c1nc(C)n2C(=O)OC(C)(C)C. The van der Waals surface area contributed by atoms with Gasteiger partial charge in [0.25, 0.3) is 0 Å². The van der Waals surface area contributed by atoms with Gasteiger partial charge >= 0.3 is 12.1 Å². The molecular formula is C28H28N2O5. The fourth-order valence-electron chi connectivity index (χ4n) is 3.97. The largest absolute Gasteiger partial charge is 0.465 e. The number of imidazole rings is 1. The Labute approximate surface area is 203 Å². The second-order valence-corrected chi connectivity index (χ2v) is 9.29. The van der Waals surface area contributed by atoms with Crippen molar-refractivity contribution < 1.29 is 24.2 Å². The van der Waals surface area contributed by atoms with Crippen molar-refractivity contribution in [3.63, 3.8) is 0 Å². The van der Waals surface area contributed by atoms with Crippen LogP contribution >= 0.6 is 0 Å². The van der Waals surface area contributed by atoms with E-state index in [2.05, 4.69) is 4.98 Å². The van der Waals surface area contributed by atoms with E-state index in [0.717, 1.165) is 27.8 Å². The van der Waals surface area contributed by atoms with Crippen LogP contribution < -0.4 is 0 Å². The zero-order valence-corrected chi connectivity index (χ0v) is 20.5. The number of benzene rings is 3. The minimum atomic E-state index is -0.688. The fourth-order valence-corrected chi connectivity index (χ4v) is 3.97. The lowest BCUT2D eigenvalue weighted by molar-refractivity contribution is 0.0538. The maximum atomic E-state index is 13.0. The Morgan fingerprint density at radius 3 is 2.20 bits per heavy atom. The van der Waals surface area contributed by atoms with Crippen LogP contribution in [0.25, 0.3) is 33.3 Å². The molecule has 0 aliphatic rings. The third-order valence-electron chi connectivity index (χ3n) is 5.57. The van der Waals surface area contributed by atoms with Crippen LogP contribution in [-0.2, 0) is 16.1 Å². The van der Waals surface area contributed by atoms with Crippen molar-refractivity contribution in [3.05, 3.63) is 77.6 Å². The minimum absolute atomic E-state index is 0.0208. The van der Waals surface area contributed by atoms with Crippen LogP contribution in [0, 0.1) is 6.92 Å². The summed E-state index contributed by atoms with van der Waals surface area (Å²) >= 11 is 0. The molecule has 1 N–H and O–H groups in total. The van der Waals surface area contributed by atoms with Crippen LogP contribution in [0.5, 0.6) is 0 Å². The number of ether oxygens (including phenoxy) is 2. The van der Waals surface area contributed by atoms with Gasteiger partial charge in [-0.2, -0.15) is 0 Å². The summed E-state index contributed by atoms with van der Waals surface area (Å²) in [4.78, 5) is 30.1. The summed E-state index contributed by atoms with van der Waals surface area (Å²) in [5.41, 5.74) is 4.84. The normalized spacial score (nSPS) is 11.5. The molecule has 1 aromatic heterocycles. The molecule has 0 saturated carbocycles. The summed E-state index contributed by atoms with van der Waals surface area (Å²) < 4.78 is 12.0. The molecule has 7 heteroatoms. The number of aromatic nitrogens is 2. The number of aliphatic hydroxyl groups excluding tert-OH is 1. The van der Waals surface area contributed by atoms with Crippen molar-refractivity contribution >= 4 is 23.1 Å². The molecule has 0 radical (unpaired) electrons. The summed E-state index contributed by atoms with van der Waals surface area (Å²) in [6.07, 6.45) is -0.565. The first-order valence-corrected chi connectivity index (χ1v) is 11.3. The van der Waals surface area contributed by atoms with Gasteiger partial charge in [-0.25, -0.2) is 19.1 Å². The van der Waals surface area contributed by atoms with Crippen molar-refractivity contribution in [2.24, 2.45) is 0 Å². The van der Waals surface area contributed by atoms with Gasteiger partial charge in [-0.05, 0) is 73.7 Å². The van der Waals surface area contributed by atoms with Crippen LogP contribution in [0.3, 0.4) is 0 Å². The lowest BCUT2D eigenvalue weighted by Gasteiger charge is -2.20. The number of hydrogen-bond donors (Lipinski definition) is 1. The smallest absolute Gasteiger partial charge is 0.420 e. The predicted octanol–water partition coefficient (Wildman–Crippen LogP) is 5.74. The molecule has 180 valence electrons. The van der Waals surface area contributed by atoms with Crippen molar-refractivity contribution in [3.8, 4) is 22.3 Å². The van der Waals surface area contributed by atoms with E-state index in [1.165, 1.54) is 11.7 Å². The highest BCUT2D eigenvalue weighted by molar-refractivity contribution is 6.06. The minimum Gasteiger partial charge on any atom is -0.465 e. The molecule has 0 bridgehead atoms. The fraction of sp³-hybridized carbons (Fsp3) is 0.250. The highest BCUT2D eigenvalue weighted by Crippen LogP contribution is 2.31. The van der Waals surface area contributed by atoms with E-state index < -0.39 is 17.7 Å². The van der Waals surface area contributed by atoms with Gasteiger partial charge in [0.2, 0.25) is 0 Å². The number of carbonyl (C=O) groups is 2. The second kappa shape index (κ2) is 9.35. The molecule has 0 fully saturated rings. The van der Waals surface area contributed by atoms with E-state index in [1.54, 1.807) is 33.8 Å². The number of methoxy groups -OCH3 is 1. The number of aryl methyl sites for hydroxylation is 1. The van der Waals surface area contributed by atoms with Crippen LogP contribution in [0.15, 0.2) is 60.7 Å². The molecule has 0 unspecified atom stereocenters. The number of hydrogen-bond acceptors (Lipinski definition) is 6. The summed E-state index contributed by atoms with van der Waals surface area (Å²) in [6.45, 7) is 7.06. The summed E-state index contributed by atoms with van der Waals surface area (Å²) in [5.74, 6) is -0.126. The van der Waals surface area contributed by atoms with Crippen molar-refractivity contribution in [2.75, 3.05) is 7.11 Å². The number of nitrogens with zero attached hydrogens (tertiary/aromatic N) is 2. The standard InChI is InChI=1S/C28H28N2O5/c1-17-29-25-23(26(32)34-5)14-22(15-24(25)30(17)27(33)35-28(2,3)4)20-11-9-19(10-12-20)21-8-6-7-18(13-21)16-31/h6-15,31H,16H2,1-5H3. The summed E-state index contributed by atoms with van der Waals surface area (Å²) in [6, 6.07) is 19.1. The van der Waals surface area contributed by atoms with Crippen LogP contribution in [0.4, 0.5) is 4.79 Å². The van der Waals surface area contributed by atoms with Gasteiger partial charge < -0.3 is 14.6 Å². The van der Waals surface area contributed by atoms with Gasteiger partial charge in [-0.15, -0.1) is 0 Å². The summed E-state index contributed by atoms with van der Waals surface area (Å²) in [7, 11) is 1.31. The van der Waals surface area contributed by atoms with Gasteiger partial charge in [0.05, 0.1) is 24.8 Å². The van der Waals surface area contributed by atoms with Gasteiger partial charge in [0, 0.05) is 0 Å². The van der Waals surface area contributed by atoms with Gasteiger partial charge in [-0.3, -0.25) is 0 Å². The monoisotopic (exact) mass is 472 g/mol. The maximum absolute atomic E-state index is 13.0. The third kappa shape index (κ3) is 4.95. The van der Waals surface area contributed by atoms with Crippen LogP contribution in [0.2, 0.25) is 0 Å². The average Bonchev–Trinajstić information content (AvgIpc) is 3.17. The van der Waals surface area contributed by atoms with Gasteiger partial charge in [-0.1, -0.05) is 42.5 Å². The van der Waals surface area contributed by atoms with Crippen LogP contribution in [-0.4, -0.2) is 39.4 Å². The van der Waals surface area contributed by atoms with E-state index in [-0.39, 0.29) is 12.2 Å². The zero-order valence-electron chi connectivity index (χ0n) is 20.5. The third-order valence-corrected chi connectivity index (χ3v) is 5.57. The Morgan fingerprint density at radius 1 is 0.943 bits per heavy atom. The molecular weight excluding hydrogens is 444 g/mol. The molecule has 0 aliphatic heterocycles. The van der Waals surface area contributed by atoms with E-state index in [4.69, 9.17) is 9.47 Å². The maximum Gasteiger partial charge on any atom is 0.420 e. The average molecular weight is 473 g/mol. The van der Waals surface area contributed by atoms with E-state index in [1.807, 2.05) is 54.6 Å². The van der Waals surface area contributed by atoms with Gasteiger partial charge in [0.15, 0.2) is 0 Å². The second-order valence-electron chi connectivity index (χ2n) is 9.29. The van der Waals surface area contributed by atoms with Crippen molar-refractivity contribution in [1.82, 2.24) is 9.55 Å². The van der Waals surface area contributed by atoms with E-state index in [0.29, 0.717) is 16.9 Å². The molecule has 4 aromatic rings. The van der Waals surface area contributed by atoms with Crippen molar-refractivity contribution in [1.29, 1.82) is 0 Å². The Bertz CT molecular complexity index is 1410. The number of rotatable bonds is 4. The molecule has 0 spiro atoms. The number of esters is 1.